The van der Waals surface area contributed by atoms with Crippen LogP contribution < -0.4 is 0 Å². The summed E-state index contributed by atoms with van der Waals surface area (Å²) in [5, 5.41) is 0. The van der Waals surface area contributed by atoms with E-state index in [9.17, 15) is 14.4 Å². The molecule has 0 aromatic carbocycles. The molecule has 0 saturated carbocycles. The number of esters is 3. The Bertz CT molecular complexity index is 736. The van der Waals surface area contributed by atoms with Crippen LogP contribution in [0.4, 0.5) is 0 Å². The summed E-state index contributed by atoms with van der Waals surface area (Å²) in [6.07, 6.45) is 35.4. The van der Waals surface area contributed by atoms with E-state index >= 15 is 0 Å². The Hall–Kier alpha value is -1.59. The fourth-order valence-corrected chi connectivity index (χ4v) is 6.27. The number of ether oxygens (including phenoxy) is 3. The average Bonchev–Trinajstić information content (AvgIpc) is 3.08. The van der Waals surface area contributed by atoms with Crippen LogP contribution in [0.15, 0.2) is 0 Å². The molecule has 6 nitrogen and oxygen atoms in total. The zero-order chi connectivity index (χ0) is 36.0. The van der Waals surface area contributed by atoms with E-state index in [1.807, 2.05) is 0 Å². The number of hydrogen-bond acceptors (Lipinski definition) is 6. The molecule has 0 radical (unpaired) electrons. The van der Waals surface area contributed by atoms with E-state index in [4.69, 9.17) is 14.2 Å². The van der Waals surface area contributed by atoms with Gasteiger partial charge in [0.2, 0.25) is 0 Å². The van der Waals surface area contributed by atoms with Crippen molar-refractivity contribution >= 4 is 17.9 Å². The Labute approximate surface area is 304 Å². The van der Waals surface area contributed by atoms with Gasteiger partial charge in [-0.25, -0.2) is 0 Å². The van der Waals surface area contributed by atoms with Gasteiger partial charge < -0.3 is 14.2 Å². The van der Waals surface area contributed by atoms with Crippen LogP contribution >= 0.6 is 0 Å². The van der Waals surface area contributed by atoms with Crippen molar-refractivity contribution in [1.82, 2.24) is 0 Å². The van der Waals surface area contributed by atoms with E-state index in [1.54, 1.807) is 0 Å². The van der Waals surface area contributed by atoms with Crippen molar-refractivity contribution in [3.8, 4) is 0 Å². The lowest BCUT2D eigenvalue weighted by molar-refractivity contribution is -0.167. The van der Waals surface area contributed by atoms with Crippen molar-refractivity contribution in [2.75, 3.05) is 13.2 Å². The molecular formula is C43H82O6. The molecule has 0 rings (SSSR count). The molecule has 49 heavy (non-hydrogen) atoms. The van der Waals surface area contributed by atoms with Crippen LogP contribution in [0.3, 0.4) is 0 Å². The first kappa shape index (κ1) is 47.4. The van der Waals surface area contributed by atoms with Gasteiger partial charge in [0.25, 0.3) is 0 Å². The van der Waals surface area contributed by atoms with Crippen LogP contribution in [-0.4, -0.2) is 37.2 Å². The van der Waals surface area contributed by atoms with Crippen molar-refractivity contribution in [3.63, 3.8) is 0 Å². The van der Waals surface area contributed by atoms with Gasteiger partial charge in [-0.15, -0.1) is 0 Å². The standard InChI is InChI=1S/C43H82O6/c1-5-7-9-11-13-14-15-16-17-18-19-20-22-28-32-36-43(46)49-40(37-47-41(44)34-30-26-21-12-10-8-6-2)38-48-42(45)35-31-27-24-23-25-29-33-39(3)4/h39-40H,5-38H2,1-4H3/t40-/m1/s1. The zero-order valence-electron chi connectivity index (χ0n) is 33.1. The molecule has 0 aliphatic rings. The van der Waals surface area contributed by atoms with Crippen molar-refractivity contribution < 1.29 is 28.6 Å². The lowest BCUT2D eigenvalue weighted by Crippen LogP contribution is -2.30. The quantitative estimate of drug-likeness (QED) is 0.0364. The van der Waals surface area contributed by atoms with E-state index < -0.39 is 6.10 Å². The minimum absolute atomic E-state index is 0.0659. The largest absolute Gasteiger partial charge is 0.462 e. The Balaban J connectivity index is 4.26. The third-order valence-electron chi connectivity index (χ3n) is 9.54. The van der Waals surface area contributed by atoms with Gasteiger partial charge in [0.05, 0.1) is 0 Å². The van der Waals surface area contributed by atoms with E-state index in [-0.39, 0.29) is 31.1 Å². The molecular weight excluding hydrogens is 612 g/mol. The lowest BCUT2D eigenvalue weighted by atomic mass is 10.0. The van der Waals surface area contributed by atoms with Crippen LogP contribution in [-0.2, 0) is 28.6 Å². The minimum Gasteiger partial charge on any atom is -0.462 e. The highest BCUT2D eigenvalue weighted by Crippen LogP contribution is 2.15. The van der Waals surface area contributed by atoms with Crippen molar-refractivity contribution in [3.05, 3.63) is 0 Å². The molecule has 6 heteroatoms. The summed E-state index contributed by atoms with van der Waals surface area (Å²) in [5.74, 6) is -0.105. The molecule has 290 valence electrons. The molecule has 0 bridgehead atoms. The summed E-state index contributed by atoms with van der Waals surface area (Å²) in [4.78, 5) is 37.4. The van der Waals surface area contributed by atoms with Crippen LogP contribution in [0.25, 0.3) is 0 Å². The van der Waals surface area contributed by atoms with E-state index in [0.717, 1.165) is 63.7 Å². The summed E-state index contributed by atoms with van der Waals surface area (Å²) in [6, 6.07) is 0. The maximum Gasteiger partial charge on any atom is 0.306 e. The number of hydrogen-bond donors (Lipinski definition) is 0. The Morgan fingerprint density at radius 1 is 0.388 bits per heavy atom. The summed E-state index contributed by atoms with van der Waals surface area (Å²) in [5.41, 5.74) is 0. The molecule has 0 saturated heterocycles. The highest BCUT2D eigenvalue weighted by atomic mass is 16.6. The smallest absolute Gasteiger partial charge is 0.306 e. The van der Waals surface area contributed by atoms with Crippen LogP contribution in [0.2, 0.25) is 0 Å². The van der Waals surface area contributed by atoms with Crippen LogP contribution in [0, 0.1) is 5.92 Å². The molecule has 0 aromatic heterocycles. The van der Waals surface area contributed by atoms with Crippen LogP contribution in [0.5, 0.6) is 0 Å². The number of rotatable bonds is 38. The molecule has 0 heterocycles. The molecule has 0 unspecified atom stereocenters. The first-order valence-corrected chi connectivity index (χ1v) is 21.4. The summed E-state index contributed by atoms with van der Waals surface area (Å²) >= 11 is 0. The van der Waals surface area contributed by atoms with Crippen molar-refractivity contribution in [2.45, 2.75) is 239 Å². The molecule has 0 aliphatic heterocycles. The lowest BCUT2D eigenvalue weighted by Gasteiger charge is -2.18. The predicted molar refractivity (Wildman–Crippen MR) is 206 cm³/mol. The van der Waals surface area contributed by atoms with Gasteiger partial charge in [0, 0.05) is 19.3 Å². The molecule has 0 amide bonds. The molecule has 0 fully saturated rings. The van der Waals surface area contributed by atoms with Gasteiger partial charge in [-0.3, -0.25) is 14.4 Å². The zero-order valence-corrected chi connectivity index (χ0v) is 33.1. The second kappa shape index (κ2) is 37.7. The second-order valence-electron chi connectivity index (χ2n) is 15.1. The summed E-state index contributed by atoms with van der Waals surface area (Å²) < 4.78 is 16.6. The number of unbranched alkanes of at least 4 members (excludes halogenated alkanes) is 25. The van der Waals surface area contributed by atoms with Gasteiger partial charge in [-0.05, 0) is 25.2 Å². The topological polar surface area (TPSA) is 78.9 Å². The molecule has 0 spiro atoms. The number of carbonyl (C=O) groups excluding carboxylic acids is 3. The van der Waals surface area contributed by atoms with E-state index in [2.05, 4.69) is 27.7 Å². The van der Waals surface area contributed by atoms with Crippen LogP contribution in [0.1, 0.15) is 233 Å². The summed E-state index contributed by atoms with van der Waals surface area (Å²) in [6.45, 7) is 8.87. The molecule has 1 atom stereocenters. The Morgan fingerprint density at radius 3 is 1.00 bits per heavy atom. The molecule has 0 aliphatic carbocycles. The van der Waals surface area contributed by atoms with Gasteiger partial charge in [0.1, 0.15) is 13.2 Å². The fourth-order valence-electron chi connectivity index (χ4n) is 6.27. The normalized spacial score (nSPS) is 11.9. The maximum absolute atomic E-state index is 12.6. The minimum atomic E-state index is -0.758. The third kappa shape index (κ3) is 37.5. The summed E-state index contributed by atoms with van der Waals surface area (Å²) in [7, 11) is 0. The van der Waals surface area contributed by atoms with E-state index in [0.29, 0.717) is 19.3 Å². The first-order valence-electron chi connectivity index (χ1n) is 21.4. The average molecular weight is 695 g/mol. The van der Waals surface area contributed by atoms with Gasteiger partial charge >= 0.3 is 17.9 Å². The molecule has 0 N–H and O–H groups in total. The predicted octanol–water partition coefficient (Wildman–Crippen LogP) is 13.2. The first-order chi connectivity index (χ1) is 23.9. The number of carbonyl (C=O) groups is 3. The van der Waals surface area contributed by atoms with E-state index in [1.165, 1.54) is 128 Å². The van der Waals surface area contributed by atoms with Crippen molar-refractivity contribution in [1.29, 1.82) is 0 Å². The highest BCUT2D eigenvalue weighted by Gasteiger charge is 2.19. The maximum atomic E-state index is 12.6. The monoisotopic (exact) mass is 695 g/mol. The SMILES string of the molecule is CCCCCCCCCCCCCCCCCC(=O)O[C@H](COC(=O)CCCCCCCCC)COC(=O)CCCCCCCCC(C)C. The Morgan fingerprint density at radius 2 is 0.673 bits per heavy atom. The van der Waals surface area contributed by atoms with Crippen molar-refractivity contribution in [2.24, 2.45) is 5.92 Å². The van der Waals surface area contributed by atoms with Gasteiger partial charge in [0.15, 0.2) is 6.10 Å². The highest BCUT2D eigenvalue weighted by molar-refractivity contribution is 5.71. The molecule has 0 aromatic rings. The van der Waals surface area contributed by atoms with Gasteiger partial charge in [-0.2, -0.15) is 0 Å². The Kier molecular flexibility index (Phi) is 36.4. The second-order valence-corrected chi connectivity index (χ2v) is 15.1. The fraction of sp³-hybridized carbons (Fsp3) is 0.930. The third-order valence-corrected chi connectivity index (χ3v) is 9.54. The van der Waals surface area contributed by atoms with Gasteiger partial charge in [-0.1, -0.05) is 195 Å².